The lowest BCUT2D eigenvalue weighted by Crippen LogP contribution is -2.39. The van der Waals surface area contributed by atoms with Crippen molar-refractivity contribution in [3.8, 4) is 11.1 Å². The Morgan fingerprint density at radius 2 is 1.96 bits per heavy atom. The fourth-order valence-electron chi connectivity index (χ4n) is 3.62. The number of benzene rings is 1. The minimum atomic E-state index is 0.288. The van der Waals surface area contributed by atoms with Crippen LogP contribution in [-0.2, 0) is 4.79 Å². The number of amides is 1. The van der Waals surface area contributed by atoms with Crippen molar-refractivity contribution in [2.24, 2.45) is 5.92 Å². The van der Waals surface area contributed by atoms with E-state index in [4.69, 9.17) is 4.98 Å². The third-order valence-corrected chi connectivity index (χ3v) is 4.86. The maximum atomic E-state index is 12.4. The molecule has 3 nitrogen and oxygen atoms in total. The van der Waals surface area contributed by atoms with Crippen LogP contribution >= 0.6 is 0 Å². The van der Waals surface area contributed by atoms with Gasteiger partial charge < -0.3 is 4.90 Å². The molecule has 25 heavy (non-hydrogen) atoms. The van der Waals surface area contributed by atoms with Crippen molar-refractivity contribution < 1.29 is 4.79 Å². The first-order valence-corrected chi connectivity index (χ1v) is 9.34. The van der Waals surface area contributed by atoms with Gasteiger partial charge in [-0.1, -0.05) is 44.2 Å². The van der Waals surface area contributed by atoms with Gasteiger partial charge in [-0.05, 0) is 48.9 Å². The summed E-state index contributed by atoms with van der Waals surface area (Å²) >= 11 is 0. The van der Waals surface area contributed by atoms with Gasteiger partial charge in [-0.15, -0.1) is 0 Å². The summed E-state index contributed by atoms with van der Waals surface area (Å²) in [7, 11) is 0. The maximum absolute atomic E-state index is 12.4. The van der Waals surface area contributed by atoms with Crippen LogP contribution in [0, 0.1) is 12.8 Å². The molecule has 1 unspecified atom stereocenters. The minimum Gasteiger partial charge on any atom is -0.342 e. The molecule has 0 N–H and O–H groups in total. The third kappa shape index (κ3) is 4.47. The molecule has 132 valence electrons. The zero-order valence-corrected chi connectivity index (χ0v) is 15.5. The Balaban J connectivity index is 1.81. The quantitative estimate of drug-likeness (QED) is 0.803. The van der Waals surface area contributed by atoms with E-state index in [1.54, 1.807) is 0 Å². The van der Waals surface area contributed by atoms with Gasteiger partial charge in [-0.3, -0.25) is 9.78 Å². The molecule has 3 rings (SSSR count). The first-order chi connectivity index (χ1) is 12.0. The number of hydrogen-bond donors (Lipinski definition) is 0. The second kappa shape index (κ2) is 7.81. The number of piperidine rings is 1. The highest BCUT2D eigenvalue weighted by Gasteiger charge is 2.26. The Kier molecular flexibility index (Phi) is 5.52. The number of hydrogen-bond acceptors (Lipinski definition) is 2. The van der Waals surface area contributed by atoms with Gasteiger partial charge in [-0.25, -0.2) is 0 Å². The first-order valence-electron chi connectivity index (χ1n) is 9.34. The number of likely N-dealkylation sites (tertiary alicyclic amines) is 1. The van der Waals surface area contributed by atoms with Gasteiger partial charge in [0, 0.05) is 36.8 Å². The first kappa shape index (κ1) is 17.7. The Morgan fingerprint density at radius 1 is 1.20 bits per heavy atom. The lowest BCUT2D eigenvalue weighted by atomic mass is 9.91. The SMILES string of the molecule is Cc1cc(-c2ccccc2)cc(C2CCCN(C(=O)CC(C)C)C2)n1. The fourth-order valence-corrected chi connectivity index (χ4v) is 3.62. The molecule has 0 radical (unpaired) electrons. The maximum Gasteiger partial charge on any atom is 0.222 e. The fraction of sp³-hybridized carbons (Fsp3) is 0.455. The summed E-state index contributed by atoms with van der Waals surface area (Å²) in [5.74, 6) is 1.04. The van der Waals surface area contributed by atoms with Crippen molar-refractivity contribution in [1.29, 1.82) is 0 Å². The van der Waals surface area contributed by atoms with Crippen molar-refractivity contribution in [3.63, 3.8) is 0 Å². The third-order valence-electron chi connectivity index (χ3n) is 4.86. The zero-order valence-electron chi connectivity index (χ0n) is 15.5. The summed E-state index contributed by atoms with van der Waals surface area (Å²) in [6.45, 7) is 7.96. The normalized spacial score (nSPS) is 17.8. The summed E-state index contributed by atoms with van der Waals surface area (Å²) in [6.07, 6.45) is 2.81. The Morgan fingerprint density at radius 3 is 2.68 bits per heavy atom. The lowest BCUT2D eigenvalue weighted by molar-refractivity contribution is -0.133. The molecule has 1 aliphatic rings. The summed E-state index contributed by atoms with van der Waals surface area (Å²) < 4.78 is 0. The van der Waals surface area contributed by atoms with E-state index in [1.165, 1.54) is 11.1 Å². The number of carbonyl (C=O) groups is 1. The van der Waals surface area contributed by atoms with Crippen LogP contribution in [-0.4, -0.2) is 28.9 Å². The van der Waals surface area contributed by atoms with E-state index in [0.29, 0.717) is 18.3 Å². The van der Waals surface area contributed by atoms with E-state index in [0.717, 1.165) is 37.3 Å². The van der Waals surface area contributed by atoms with E-state index in [2.05, 4.69) is 57.2 Å². The van der Waals surface area contributed by atoms with Gasteiger partial charge >= 0.3 is 0 Å². The van der Waals surface area contributed by atoms with Gasteiger partial charge in [0.1, 0.15) is 0 Å². The van der Waals surface area contributed by atoms with Crippen LogP contribution in [0.4, 0.5) is 0 Å². The van der Waals surface area contributed by atoms with Gasteiger partial charge in [0.15, 0.2) is 0 Å². The number of aryl methyl sites for hydroxylation is 1. The van der Waals surface area contributed by atoms with Crippen molar-refractivity contribution >= 4 is 5.91 Å². The van der Waals surface area contributed by atoms with E-state index in [1.807, 2.05) is 11.0 Å². The molecule has 1 fully saturated rings. The highest BCUT2D eigenvalue weighted by atomic mass is 16.2. The van der Waals surface area contributed by atoms with Crippen LogP contribution in [0.2, 0.25) is 0 Å². The second-order valence-electron chi connectivity index (χ2n) is 7.56. The zero-order chi connectivity index (χ0) is 17.8. The lowest BCUT2D eigenvalue weighted by Gasteiger charge is -2.33. The molecule has 1 atom stereocenters. The molecule has 1 amide bonds. The molecule has 0 aliphatic carbocycles. The molecule has 2 aromatic rings. The van der Waals surface area contributed by atoms with Gasteiger partial charge in [-0.2, -0.15) is 0 Å². The van der Waals surface area contributed by atoms with Gasteiger partial charge in [0.25, 0.3) is 0 Å². The number of pyridine rings is 1. The van der Waals surface area contributed by atoms with E-state index in [-0.39, 0.29) is 5.91 Å². The number of aromatic nitrogens is 1. The largest absolute Gasteiger partial charge is 0.342 e. The highest BCUT2D eigenvalue weighted by Crippen LogP contribution is 2.30. The summed E-state index contributed by atoms with van der Waals surface area (Å²) in [5.41, 5.74) is 4.61. The Labute approximate surface area is 151 Å². The average Bonchev–Trinajstić information content (AvgIpc) is 2.61. The van der Waals surface area contributed by atoms with Crippen molar-refractivity contribution in [2.75, 3.05) is 13.1 Å². The van der Waals surface area contributed by atoms with Crippen LogP contribution in [0.15, 0.2) is 42.5 Å². The summed E-state index contributed by atoms with van der Waals surface area (Å²) in [6, 6.07) is 14.8. The van der Waals surface area contributed by atoms with Crippen LogP contribution < -0.4 is 0 Å². The molecule has 1 aromatic carbocycles. The second-order valence-corrected chi connectivity index (χ2v) is 7.56. The summed E-state index contributed by atoms with van der Waals surface area (Å²) in [4.78, 5) is 19.3. The molecule has 0 spiro atoms. The predicted molar refractivity (Wildman–Crippen MR) is 102 cm³/mol. The highest BCUT2D eigenvalue weighted by molar-refractivity contribution is 5.76. The molecule has 1 aliphatic heterocycles. The standard InChI is InChI=1S/C22H28N2O/c1-16(2)12-22(25)24-11-7-10-19(15-24)21-14-20(13-17(3)23-21)18-8-5-4-6-9-18/h4-6,8-9,13-14,16,19H,7,10-12,15H2,1-3H3. The Bertz CT molecular complexity index is 724. The average molecular weight is 336 g/mol. The number of nitrogens with zero attached hydrogens (tertiary/aromatic N) is 2. The van der Waals surface area contributed by atoms with Crippen LogP contribution in [0.1, 0.15) is 50.4 Å². The molecular weight excluding hydrogens is 308 g/mol. The summed E-state index contributed by atoms with van der Waals surface area (Å²) in [5, 5.41) is 0. The minimum absolute atomic E-state index is 0.288. The van der Waals surface area contributed by atoms with Crippen LogP contribution in [0.3, 0.4) is 0 Å². The smallest absolute Gasteiger partial charge is 0.222 e. The van der Waals surface area contributed by atoms with Crippen LogP contribution in [0.25, 0.3) is 11.1 Å². The predicted octanol–water partition coefficient (Wildman–Crippen LogP) is 4.81. The molecule has 0 bridgehead atoms. The van der Waals surface area contributed by atoms with Crippen molar-refractivity contribution in [1.82, 2.24) is 9.88 Å². The van der Waals surface area contributed by atoms with E-state index < -0.39 is 0 Å². The van der Waals surface area contributed by atoms with E-state index in [9.17, 15) is 4.79 Å². The molecule has 1 saturated heterocycles. The van der Waals surface area contributed by atoms with E-state index >= 15 is 0 Å². The molecule has 0 saturated carbocycles. The van der Waals surface area contributed by atoms with Gasteiger partial charge in [0.2, 0.25) is 5.91 Å². The van der Waals surface area contributed by atoms with Crippen LogP contribution in [0.5, 0.6) is 0 Å². The molecule has 1 aromatic heterocycles. The van der Waals surface area contributed by atoms with Crippen molar-refractivity contribution in [2.45, 2.75) is 46.0 Å². The van der Waals surface area contributed by atoms with Gasteiger partial charge in [0.05, 0.1) is 0 Å². The topological polar surface area (TPSA) is 33.2 Å². The number of carbonyl (C=O) groups excluding carboxylic acids is 1. The number of rotatable bonds is 4. The molecule has 2 heterocycles. The van der Waals surface area contributed by atoms with Crippen molar-refractivity contribution in [3.05, 3.63) is 53.9 Å². The monoisotopic (exact) mass is 336 g/mol. The molecular formula is C22H28N2O. The Hall–Kier alpha value is -2.16. The molecule has 3 heteroatoms.